The van der Waals surface area contributed by atoms with Gasteiger partial charge in [-0.25, -0.2) is 0 Å². The van der Waals surface area contributed by atoms with Crippen LogP contribution in [-0.2, 0) is 0 Å². The first-order valence-corrected chi connectivity index (χ1v) is 8.49. The molecule has 1 aliphatic rings. The topological polar surface area (TPSA) is 29.3 Å². The highest BCUT2D eigenvalue weighted by atomic mass is 32.2. The molecule has 1 aliphatic heterocycles. The fourth-order valence-corrected chi connectivity index (χ4v) is 3.88. The van der Waals surface area contributed by atoms with E-state index in [9.17, 15) is 0 Å². The van der Waals surface area contributed by atoms with Gasteiger partial charge in [-0.05, 0) is 31.4 Å². The molecular weight excluding hydrogens is 252 g/mol. The molecule has 2 nitrogen and oxygen atoms in total. The zero-order valence-electron chi connectivity index (χ0n) is 11.9. The molecule has 19 heavy (non-hydrogen) atoms. The van der Waals surface area contributed by atoms with Gasteiger partial charge in [0.25, 0.3) is 0 Å². The Bertz CT molecular complexity index is 355. The minimum Gasteiger partial charge on any atom is -0.324 e. The molecule has 0 bridgehead atoms. The van der Waals surface area contributed by atoms with E-state index in [1.54, 1.807) is 0 Å². The van der Waals surface area contributed by atoms with Gasteiger partial charge in [-0.1, -0.05) is 37.3 Å². The summed E-state index contributed by atoms with van der Waals surface area (Å²) in [6.45, 7) is 6.02. The van der Waals surface area contributed by atoms with E-state index in [0.717, 1.165) is 11.7 Å². The van der Waals surface area contributed by atoms with Gasteiger partial charge in [0.05, 0.1) is 0 Å². The summed E-state index contributed by atoms with van der Waals surface area (Å²) in [6, 6.07) is 10.7. The average Bonchev–Trinajstić information content (AvgIpc) is 2.48. The molecule has 0 amide bonds. The van der Waals surface area contributed by atoms with Crippen LogP contribution >= 0.6 is 11.8 Å². The molecule has 1 aromatic carbocycles. The Labute approximate surface area is 121 Å². The Morgan fingerprint density at radius 1 is 1.37 bits per heavy atom. The second-order valence-corrected chi connectivity index (χ2v) is 6.77. The first kappa shape index (κ1) is 14.9. The summed E-state index contributed by atoms with van der Waals surface area (Å²) in [7, 11) is 0. The third-order valence-corrected chi connectivity index (χ3v) is 5.27. The average molecular weight is 278 g/mol. The van der Waals surface area contributed by atoms with Crippen LogP contribution in [0.2, 0.25) is 0 Å². The van der Waals surface area contributed by atoms with Crippen molar-refractivity contribution in [1.82, 2.24) is 4.90 Å². The van der Waals surface area contributed by atoms with Crippen molar-refractivity contribution in [3.63, 3.8) is 0 Å². The van der Waals surface area contributed by atoms with Crippen LogP contribution in [0.5, 0.6) is 0 Å². The lowest BCUT2D eigenvalue weighted by Gasteiger charge is -2.32. The van der Waals surface area contributed by atoms with E-state index in [1.807, 2.05) is 6.07 Å². The summed E-state index contributed by atoms with van der Waals surface area (Å²) in [5.74, 6) is 1.29. The first-order valence-electron chi connectivity index (χ1n) is 7.44. The maximum atomic E-state index is 6.24. The van der Waals surface area contributed by atoms with Crippen LogP contribution in [0.15, 0.2) is 30.3 Å². The maximum absolute atomic E-state index is 6.24. The Morgan fingerprint density at radius 2 is 2.16 bits per heavy atom. The Balaban J connectivity index is 1.69. The molecule has 2 unspecified atom stereocenters. The molecule has 106 valence electrons. The van der Waals surface area contributed by atoms with Gasteiger partial charge in [0, 0.05) is 30.1 Å². The van der Waals surface area contributed by atoms with Crippen LogP contribution in [0, 0.1) is 0 Å². The van der Waals surface area contributed by atoms with Gasteiger partial charge >= 0.3 is 0 Å². The molecule has 1 aromatic rings. The number of rotatable bonds is 6. The molecule has 1 heterocycles. The SMILES string of the molecule is CCC1CN(CCCC(N)c2ccccc2)CCS1. The van der Waals surface area contributed by atoms with Crippen molar-refractivity contribution in [2.45, 2.75) is 37.5 Å². The number of hydrogen-bond acceptors (Lipinski definition) is 3. The van der Waals surface area contributed by atoms with Crippen molar-refractivity contribution in [1.29, 1.82) is 0 Å². The number of thioether (sulfide) groups is 1. The lowest BCUT2D eigenvalue weighted by Crippen LogP contribution is -2.38. The number of benzene rings is 1. The lowest BCUT2D eigenvalue weighted by molar-refractivity contribution is 0.272. The van der Waals surface area contributed by atoms with Crippen LogP contribution in [0.3, 0.4) is 0 Å². The standard InChI is InChI=1S/C16H26N2S/c1-2-15-13-18(11-12-19-15)10-6-9-16(17)14-7-4-3-5-8-14/h3-5,7-8,15-16H,2,6,9-13,17H2,1H3. The molecule has 2 atom stereocenters. The van der Waals surface area contributed by atoms with Gasteiger partial charge < -0.3 is 10.6 Å². The van der Waals surface area contributed by atoms with E-state index < -0.39 is 0 Å². The third-order valence-electron chi connectivity index (χ3n) is 3.90. The molecule has 0 aromatic heterocycles. The van der Waals surface area contributed by atoms with Crippen molar-refractivity contribution in [3.05, 3.63) is 35.9 Å². The predicted molar refractivity (Wildman–Crippen MR) is 85.6 cm³/mol. The van der Waals surface area contributed by atoms with Crippen LogP contribution in [-0.4, -0.2) is 35.5 Å². The Morgan fingerprint density at radius 3 is 2.89 bits per heavy atom. The molecule has 3 heteroatoms. The number of hydrogen-bond donors (Lipinski definition) is 1. The van der Waals surface area contributed by atoms with Gasteiger partial charge in [0.2, 0.25) is 0 Å². The molecule has 2 N–H and O–H groups in total. The minimum absolute atomic E-state index is 0.197. The van der Waals surface area contributed by atoms with Crippen molar-refractivity contribution in [2.24, 2.45) is 5.73 Å². The molecule has 0 aliphatic carbocycles. The van der Waals surface area contributed by atoms with Crippen LogP contribution in [0.25, 0.3) is 0 Å². The molecule has 0 spiro atoms. The van der Waals surface area contributed by atoms with Crippen molar-refractivity contribution in [3.8, 4) is 0 Å². The third kappa shape index (κ3) is 4.83. The van der Waals surface area contributed by atoms with E-state index in [1.165, 1.54) is 43.8 Å². The summed E-state index contributed by atoms with van der Waals surface area (Å²) in [6.07, 6.45) is 3.59. The maximum Gasteiger partial charge on any atom is 0.0295 e. The minimum atomic E-state index is 0.197. The zero-order chi connectivity index (χ0) is 13.5. The number of nitrogens with two attached hydrogens (primary N) is 1. The van der Waals surface area contributed by atoms with E-state index >= 15 is 0 Å². The zero-order valence-corrected chi connectivity index (χ0v) is 12.7. The molecule has 2 rings (SSSR count). The molecule has 1 fully saturated rings. The fraction of sp³-hybridized carbons (Fsp3) is 0.625. The van der Waals surface area contributed by atoms with Gasteiger partial charge in [-0.2, -0.15) is 11.8 Å². The van der Waals surface area contributed by atoms with Gasteiger partial charge in [-0.3, -0.25) is 0 Å². The second-order valence-electron chi connectivity index (χ2n) is 5.36. The van der Waals surface area contributed by atoms with Crippen LogP contribution in [0.1, 0.15) is 37.8 Å². The number of nitrogens with zero attached hydrogens (tertiary/aromatic N) is 1. The van der Waals surface area contributed by atoms with Crippen LogP contribution < -0.4 is 5.73 Å². The van der Waals surface area contributed by atoms with E-state index in [-0.39, 0.29) is 6.04 Å². The van der Waals surface area contributed by atoms with E-state index in [2.05, 4.69) is 47.9 Å². The van der Waals surface area contributed by atoms with Gasteiger partial charge in [0.1, 0.15) is 0 Å². The second kappa shape index (κ2) is 7.93. The predicted octanol–water partition coefficient (Wildman–Crippen LogP) is 3.29. The highest BCUT2D eigenvalue weighted by molar-refractivity contribution is 8.00. The summed E-state index contributed by atoms with van der Waals surface area (Å²) in [5, 5.41) is 0.844. The molecule has 0 saturated carbocycles. The largest absolute Gasteiger partial charge is 0.324 e. The summed E-state index contributed by atoms with van der Waals surface area (Å²) in [5.41, 5.74) is 7.51. The van der Waals surface area contributed by atoms with Crippen LogP contribution in [0.4, 0.5) is 0 Å². The highest BCUT2D eigenvalue weighted by Crippen LogP contribution is 2.22. The quantitative estimate of drug-likeness (QED) is 0.866. The lowest BCUT2D eigenvalue weighted by atomic mass is 10.0. The van der Waals surface area contributed by atoms with Gasteiger partial charge in [0.15, 0.2) is 0 Å². The summed E-state index contributed by atoms with van der Waals surface area (Å²) in [4.78, 5) is 2.61. The highest BCUT2D eigenvalue weighted by Gasteiger charge is 2.18. The van der Waals surface area contributed by atoms with E-state index in [4.69, 9.17) is 5.73 Å². The monoisotopic (exact) mass is 278 g/mol. The van der Waals surface area contributed by atoms with Crippen molar-refractivity contribution < 1.29 is 0 Å². The van der Waals surface area contributed by atoms with E-state index in [0.29, 0.717) is 0 Å². The van der Waals surface area contributed by atoms with Crippen molar-refractivity contribution >= 4 is 11.8 Å². The Hall–Kier alpha value is -0.510. The fourth-order valence-electron chi connectivity index (χ4n) is 2.63. The van der Waals surface area contributed by atoms with Gasteiger partial charge in [-0.15, -0.1) is 0 Å². The van der Waals surface area contributed by atoms with Crippen molar-refractivity contribution in [2.75, 3.05) is 25.4 Å². The smallest absolute Gasteiger partial charge is 0.0295 e. The normalized spacial score (nSPS) is 22.3. The summed E-state index contributed by atoms with van der Waals surface area (Å²) >= 11 is 2.14. The Kier molecular flexibility index (Phi) is 6.21. The molecule has 1 saturated heterocycles. The molecule has 0 radical (unpaired) electrons. The summed E-state index contributed by atoms with van der Waals surface area (Å²) < 4.78 is 0. The first-order chi connectivity index (χ1) is 9.29. The molecular formula is C16H26N2S.